The van der Waals surface area contributed by atoms with Gasteiger partial charge in [-0.2, -0.15) is 0 Å². The van der Waals surface area contributed by atoms with E-state index in [0.717, 1.165) is 0 Å². The number of ether oxygens (including phenoxy) is 1. The molecule has 2 rings (SSSR count). The molecule has 74 valence electrons. The lowest BCUT2D eigenvalue weighted by molar-refractivity contribution is 0.0859. The molecule has 0 atom stereocenters. The molecule has 1 heterocycles. The van der Waals surface area contributed by atoms with Gasteiger partial charge in [0.2, 0.25) is 0 Å². The first-order chi connectivity index (χ1) is 6.52. The molecule has 1 aromatic carbocycles. The molecule has 3 nitrogen and oxygen atoms in total. The molecule has 0 amide bonds. The van der Waals surface area contributed by atoms with Crippen LogP contribution < -0.4 is 4.74 Å². The van der Waals surface area contributed by atoms with Crippen molar-refractivity contribution in [1.29, 1.82) is 0 Å². The summed E-state index contributed by atoms with van der Waals surface area (Å²) in [7, 11) is 0. The second-order valence-corrected chi connectivity index (χ2v) is 3.81. The number of aliphatic hydroxyl groups excluding tert-OH is 2. The molecular weight excluding hydrogens is 180 g/mol. The van der Waals surface area contributed by atoms with Crippen LogP contribution in [0.25, 0.3) is 5.76 Å². The predicted molar refractivity (Wildman–Crippen MR) is 53.3 cm³/mol. The van der Waals surface area contributed by atoms with Crippen LogP contribution in [0.2, 0.25) is 0 Å². The zero-order valence-corrected chi connectivity index (χ0v) is 8.11. The number of hydrogen-bond donors (Lipinski definition) is 2. The van der Waals surface area contributed by atoms with Gasteiger partial charge in [0, 0.05) is 0 Å². The quantitative estimate of drug-likeness (QED) is 0.664. The van der Waals surface area contributed by atoms with E-state index in [0.29, 0.717) is 11.3 Å². The van der Waals surface area contributed by atoms with E-state index >= 15 is 0 Å². The Bertz CT molecular complexity index is 405. The molecule has 2 N–H and O–H groups in total. The van der Waals surface area contributed by atoms with Crippen molar-refractivity contribution >= 4 is 5.76 Å². The van der Waals surface area contributed by atoms with E-state index in [2.05, 4.69) is 0 Å². The van der Waals surface area contributed by atoms with E-state index in [1.54, 1.807) is 32.0 Å². The van der Waals surface area contributed by atoms with E-state index in [1.165, 1.54) is 0 Å². The van der Waals surface area contributed by atoms with E-state index < -0.39 is 5.60 Å². The minimum atomic E-state index is -0.863. The lowest BCUT2D eigenvalue weighted by atomic mass is 9.98. The lowest BCUT2D eigenvalue weighted by Gasteiger charge is -2.31. The maximum atomic E-state index is 9.72. The van der Waals surface area contributed by atoms with Crippen molar-refractivity contribution in [3.63, 3.8) is 0 Å². The molecular formula is C11H12O3. The zero-order valence-electron chi connectivity index (χ0n) is 8.11. The van der Waals surface area contributed by atoms with Crippen LogP contribution in [0.5, 0.6) is 5.75 Å². The van der Waals surface area contributed by atoms with E-state index in [-0.39, 0.29) is 11.5 Å². The fraction of sp³-hybridized carbons (Fsp3) is 0.273. The topological polar surface area (TPSA) is 49.7 Å². The highest BCUT2D eigenvalue weighted by atomic mass is 16.5. The lowest BCUT2D eigenvalue weighted by Crippen LogP contribution is -2.34. The van der Waals surface area contributed by atoms with Gasteiger partial charge in [-0.25, -0.2) is 0 Å². The van der Waals surface area contributed by atoms with Crippen LogP contribution in [0.3, 0.4) is 0 Å². The highest BCUT2D eigenvalue weighted by Gasteiger charge is 2.35. The maximum Gasteiger partial charge on any atom is 0.178 e. The standard InChI is InChI=1S/C11H12O3/c1-11(2)10(13)9(12)7-5-3-4-6-8(7)14-11/h3-6,12-13H,1-2H3. The molecule has 0 spiro atoms. The molecule has 0 saturated heterocycles. The van der Waals surface area contributed by atoms with E-state index in [1.807, 2.05) is 6.07 Å². The SMILES string of the molecule is CC1(C)Oc2ccccc2C(O)=C1O. The highest BCUT2D eigenvalue weighted by molar-refractivity contribution is 5.69. The first-order valence-corrected chi connectivity index (χ1v) is 4.43. The van der Waals surface area contributed by atoms with Crippen molar-refractivity contribution in [3.8, 4) is 5.75 Å². The van der Waals surface area contributed by atoms with Crippen molar-refractivity contribution in [2.24, 2.45) is 0 Å². The molecule has 0 fully saturated rings. The van der Waals surface area contributed by atoms with Gasteiger partial charge >= 0.3 is 0 Å². The summed E-state index contributed by atoms with van der Waals surface area (Å²) in [5.74, 6) is 0.362. The zero-order chi connectivity index (χ0) is 10.3. The Kier molecular flexibility index (Phi) is 1.71. The minimum Gasteiger partial charge on any atom is -0.505 e. The van der Waals surface area contributed by atoms with Gasteiger partial charge in [-0.15, -0.1) is 0 Å². The third-order valence-corrected chi connectivity index (χ3v) is 2.30. The number of para-hydroxylation sites is 1. The Hall–Kier alpha value is -1.64. The van der Waals surface area contributed by atoms with Crippen LogP contribution in [0.4, 0.5) is 0 Å². The fourth-order valence-electron chi connectivity index (χ4n) is 1.49. The minimum absolute atomic E-state index is 0.100. The summed E-state index contributed by atoms with van der Waals surface area (Å²) >= 11 is 0. The number of benzene rings is 1. The summed E-state index contributed by atoms with van der Waals surface area (Å²) in [6, 6.07) is 7.07. The Morgan fingerprint density at radius 1 is 1.14 bits per heavy atom. The molecule has 0 saturated carbocycles. The normalized spacial score (nSPS) is 18.7. The van der Waals surface area contributed by atoms with Gasteiger partial charge in [-0.1, -0.05) is 12.1 Å². The number of hydrogen-bond acceptors (Lipinski definition) is 3. The Morgan fingerprint density at radius 3 is 2.50 bits per heavy atom. The monoisotopic (exact) mass is 192 g/mol. The molecule has 1 aliphatic heterocycles. The molecule has 3 heteroatoms. The van der Waals surface area contributed by atoms with Crippen LogP contribution in [0, 0.1) is 0 Å². The summed E-state index contributed by atoms with van der Waals surface area (Å²) in [6.45, 7) is 3.41. The first-order valence-electron chi connectivity index (χ1n) is 4.43. The maximum absolute atomic E-state index is 9.72. The molecule has 0 aliphatic carbocycles. The Labute approximate surface area is 82.3 Å². The summed E-state index contributed by atoms with van der Waals surface area (Å²) in [6.07, 6.45) is 0. The molecule has 0 unspecified atom stereocenters. The van der Waals surface area contributed by atoms with Crippen LogP contribution in [-0.2, 0) is 0 Å². The van der Waals surface area contributed by atoms with Gasteiger partial charge in [-0.05, 0) is 26.0 Å². The summed E-state index contributed by atoms with van der Waals surface area (Å²) in [5, 5.41) is 19.4. The average Bonchev–Trinajstić information content (AvgIpc) is 2.14. The molecule has 0 bridgehead atoms. The number of aliphatic hydroxyl groups is 2. The van der Waals surface area contributed by atoms with Gasteiger partial charge in [-0.3, -0.25) is 0 Å². The number of rotatable bonds is 0. The second kappa shape index (κ2) is 2.67. The van der Waals surface area contributed by atoms with Gasteiger partial charge in [0.15, 0.2) is 17.1 Å². The van der Waals surface area contributed by atoms with Crippen molar-refractivity contribution in [2.45, 2.75) is 19.4 Å². The fourth-order valence-corrected chi connectivity index (χ4v) is 1.49. The summed E-state index contributed by atoms with van der Waals surface area (Å²) in [4.78, 5) is 0. The van der Waals surface area contributed by atoms with Crippen molar-refractivity contribution in [3.05, 3.63) is 35.6 Å². The van der Waals surface area contributed by atoms with Gasteiger partial charge in [0.05, 0.1) is 5.56 Å². The largest absolute Gasteiger partial charge is 0.505 e. The van der Waals surface area contributed by atoms with Crippen LogP contribution in [-0.4, -0.2) is 15.8 Å². The van der Waals surface area contributed by atoms with Crippen LogP contribution in [0.15, 0.2) is 30.0 Å². The van der Waals surface area contributed by atoms with E-state index in [4.69, 9.17) is 4.74 Å². The smallest absolute Gasteiger partial charge is 0.178 e. The van der Waals surface area contributed by atoms with Crippen molar-refractivity contribution in [2.75, 3.05) is 0 Å². The van der Waals surface area contributed by atoms with Gasteiger partial charge in [0.1, 0.15) is 5.75 Å². The van der Waals surface area contributed by atoms with Crippen LogP contribution in [0.1, 0.15) is 19.4 Å². The van der Waals surface area contributed by atoms with Crippen LogP contribution >= 0.6 is 0 Å². The summed E-state index contributed by atoms with van der Waals surface area (Å²) in [5.41, 5.74) is -0.331. The van der Waals surface area contributed by atoms with E-state index in [9.17, 15) is 10.2 Å². The average molecular weight is 192 g/mol. The molecule has 1 aliphatic rings. The predicted octanol–water partition coefficient (Wildman–Crippen LogP) is 2.64. The third-order valence-electron chi connectivity index (χ3n) is 2.30. The van der Waals surface area contributed by atoms with Crippen molar-refractivity contribution in [1.82, 2.24) is 0 Å². The highest BCUT2D eigenvalue weighted by Crippen LogP contribution is 2.37. The third kappa shape index (κ3) is 1.13. The van der Waals surface area contributed by atoms with Gasteiger partial charge < -0.3 is 14.9 Å². The number of fused-ring (bicyclic) bond motifs is 1. The Balaban J connectivity index is 2.64. The summed E-state index contributed by atoms with van der Waals surface area (Å²) < 4.78 is 5.53. The van der Waals surface area contributed by atoms with Gasteiger partial charge in [0.25, 0.3) is 0 Å². The second-order valence-electron chi connectivity index (χ2n) is 3.81. The molecule has 0 aromatic heterocycles. The molecule has 14 heavy (non-hydrogen) atoms. The Morgan fingerprint density at radius 2 is 1.79 bits per heavy atom. The van der Waals surface area contributed by atoms with Crippen molar-refractivity contribution < 1.29 is 14.9 Å². The first kappa shape index (κ1) is 8.94. The molecule has 0 radical (unpaired) electrons. The molecule has 1 aromatic rings.